The first-order valence-corrected chi connectivity index (χ1v) is 14.3. The number of carbonyl (C=O) groups is 1. The quantitative estimate of drug-likeness (QED) is 0.536. The highest BCUT2D eigenvalue weighted by atomic mass is 32.2. The zero-order chi connectivity index (χ0) is 26.6. The van der Waals surface area contributed by atoms with Crippen molar-refractivity contribution in [1.82, 2.24) is 20.2 Å². The molecule has 2 aromatic carbocycles. The molecule has 3 aromatic rings. The molecule has 1 aromatic heterocycles. The van der Waals surface area contributed by atoms with Crippen molar-refractivity contribution in [3.63, 3.8) is 0 Å². The van der Waals surface area contributed by atoms with Gasteiger partial charge in [0.15, 0.2) is 21.3 Å². The molecule has 2 unspecified atom stereocenters. The lowest BCUT2D eigenvalue weighted by atomic mass is 10.0. The molecule has 3 aliphatic rings. The Hall–Kier alpha value is -3.44. The van der Waals surface area contributed by atoms with E-state index >= 15 is 0 Å². The minimum Gasteiger partial charge on any atom is -0.283 e. The fraction of sp³-hybridized carbons (Fsp3) is 0.333. The van der Waals surface area contributed by atoms with Gasteiger partial charge in [0.05, 0.1) is 17.2 Å². The maximum Gasteiger partial charge on any atom is 0.286 e. The smallest absolute Gasteiger partial charge is 0.283 e. The zero-order valence-electron chi connectivity index (χ0n) is 20.3. The maximum atomic E-state index is 14.9. The minimum atomic E-state index is -3.70. The van der Waals surface area contributed by atoms with E-state index in [1.165, 1.54) is 41.4 Å². The third kappa shape index (κ3) is 4.64. The highest BCUT2D eigenvalue weighted by Gasteiger charge is 2.39. The van der Waals surface area contributed by atoms with Gasteiger partial charge in [-0.05, 0) is 66.2 Å². The second-order valence-electron chi connectivity index (χ2n) is 10.2. The molecule has 6 rings (SSSR count). The summed E-state index contributed by atoms with van der Waals surface area (Å²) in [5.41, 5.74) is 3.79. The number of benzene rings is 2. The lowest BCUT2D eigenvalue weighted by molar-refractivity contribution is 0.0808. The highest BCUT2D eigenvalue weighted by Crippen LogP contribution is 2.38. The van der Waals surface area contributed by atoms with Gasteiger partial charge >= 0.3 is 0 Å². The number of carbonyl (C=O) groups excluding carboxylic acids is 1. The third-order valence-corrected chi connectivity index (χ3v) is 9.06. The first-order valence-electron chi connectivity index (χ1n) is 12.5. The Morgan fingerprint density at radius 3 is 2.34 bits per heavy atom. The zero-order valence-corrected chi connectivity index (χ0v) is 21.1. The van der Waals surface area contributed by atoms with Crippen LogP contribution in [0.3, 0.4) is 0 Å². The van der Waals surface area contributed by atoms with Gasteiger partial charge in [-0.25, -0.2) is 31.3 Å². The molecule has 7 nitrogen and oxygen atoms in total. The average molecular weight is 543 g/mol. The van der Waals surface area contributed by atoms with E-state index in [0.29, 0.717) is 36.6 Å². The van der Waals surface area contributed by atoms with Gasteiger partial charge in [-0.2, -0.15) is 5.10 Å². The second-order valence-corrected chi connectivity index (χ2v) is 12.3. The Morgan fingerprint density at radius 1 is 0.974 bits per heavy atom. The van der Waals surface area contributed by atoms with Crippen LogP contribution in [-0.2, 0) is 15.6 Å². The summed E-state index contributed by atoms with van der Waals surface area (Å²) in [5.74, 6) is -2.55. The summed E-state index contributed by atoms with van der Waals surface area (Å²) in [6.45, 7) is 1.42. The standard InChI is InChI=1S/C27H25F3N4O3S/c28-20-6-4-16(5-7-20)10-19-14-38(36,37)15-22-25(27(35)32-33-12-17-2-1-3-18(17)13-33)31-34(26(19)22)24-9-8-21(29)11-23(24)30/h4-11,17-18H,1-3,12-15H2,(H,32,35). The molecular formula is C27H25F3N4O3S. The molecule has 2 atom stereocenters. The lowest BCUT2D eigenvalue weighted by Gasteiger charge is -2.20. The minimum absolute atomic E-state index is 0.123. The first-order chi connectivity index (χ1) is 18.2. The molecule has 198 valence electrons. The van der Waals surface area contributed by atoms with Crippen LogP contribution in [0.25, 0.3) is 17.3 Å². The molecular weight excluding hydrogens is 517 g/mol. The van der Waals surface area contributed by atoms with Gasteiger partial charge in [0, 0.05) is 24.7 Å². The molecule has 0 radical (unpaired) electrons. The van der Waals surface area contributed by atoms with E-state index in [4.69, 9.17) is 0 Å². The molecule has 2 fully saturated rings. The van der Waals surface area contributed by atoms with Gasteiger partial charge in [0.1, 0.15) is 17.3 Å². The number of nitrogens with one attached hydrogen (secondary N) is 1. The van der Waals surface area contributed by atoms with Crippen LogP contribution in [0, 0.1) is 29.3 Å². The molecule has 3 heterocycles. The normalized spacial score (nSPS) is 23.4. The van der Waals surface area contributed by atoms with E-state index in [1.54, 1.807) is 6.08 Å². The van der Waals surface area contributed by atoms with Gasteiger partial charge in [-0.3, -0.25) is 10.2 Å². The van der Waals surface area contributed by atoms with E-state index in [0.717, 1.165) is 18.9 Å². The van der Waals surface area contributed by atoms with E-state index in [2.05, 4.69) is 10.5 Å². The molecule has 1 aliphatic carbocycles. The van der Waals surface area contributed by atoms with Gasteiger partial charge in [0.25, 0.3) is 5.91 Å². The largest absolute Gasteiger partial charge is 0.286 e. The van der Waals surface area contributed by atoms with Crippen LogP contribution in [0.4, 0.5) is 13.2 Å². The van der Waals surface area contributed by atoms with E-state index < -0.39 is 38.9 Å². The summed E-state index contributed by atoms with van der Waals surface area (Å²) in [6, 6.07) is 8.42. The van der Waals surface area contributed by atoms with Crippen LogP contribution in [0.1, 0.15) is 46.6 Å². The summed E-state index contributed by atoms with van der Waals surface area (Å²) in [4.78, 5) is 13.5. The topological polar surface area (TPSA) is 84.3 Å². The van der Waals surface area contributed by atoms with Crippen LogP contribution in [0.5, 0.6) is 0 Å². The van der Waals surface area contributed by atoms with E-state index in [-0.39, 0.29) is 34.0 Å². The number of nitrogens with zero attached hydrogens (tertiary/aromatic N) is 3. The number of fused-ring (bicyclic) bond motifs is 2. The van der Waals surface area contributed by atoms with Crippen molar-refractivity contribution < 1.29 is 26.4 Å². The predicted octanol–water partition coefficient (Wildman–Crippen LogP) is 4.14. The summed E-state index contributed by atoms with van der Waals surface area (Å²) in [5, 5.41) is 6.23. The van der Waals surface area contributed by atoms with Crippen molar-refractivity contribution in [2.24, 2.45) is 11.8 Å². The predicted molar refractivity (Wildman–Crippen MR) is 135 cm³/mol. The lowest BCUT2D eigenvalue weighted by Crippen LogP contribution is -2.41. The van der Waals surface area contributed by atoms with Crippen molar-refractivity contribution >= 4 is 27.4 Å². The van der Waals surface area contributed by atoms with Crippen LogP contribution < -0.4 is 5.43 Å². The average Bonchev–Trinajstić information content (AvgIpc) is 3.53. The van der Waals surface area contributed by atoms with Crippen molar-refractivity contribution in [1.29, 1.82) is 0 Å². The number of hydrogen-bond donors (Lipinski definition) is 1. The van der Waals surface area contributed by atoms with Gasteiger partial charge in [-0.15, -0.1) is 0 Å². The fourth-order valence-electron chi connectivity index (χ4n) is 5.90. The van der Waals surface area contributed by atoms with Gasteiger partial charge in [-0.1, -0.05) is 18.6 Å². The summed E-state index contributed by atoms with van der Waals surface area (Å²) < 4.78 is 69.2. The number of halogens is 3. The fourth-order valence-corrected chi connectivity index (χ4v) is 7.41. The molecule has 2 aliphatic heterocycles. The van der Waals surface area contributed by atoms with Crippen LogP contribution in [0.2, 0.25) is 0 Å². The summed E-state index contributed by atoms with van der Waals surface area (Å²) in [6.07, 6.45) is 4.96. The number of hydrazine groups is 1. The van der Waals surface area contributed by atoms with Gasteiger partial charge < -0.3 is 0 Å². The van der Waals surface area contributed by atoms with Crippen molar-refractivity contribution in [3.05, 3.63) is 82.4 Å². The van der Waals surface area contributed by atoms with Crippen molar-refractivity contribution in [3.8, 4) is 5.69 Å². The SMILES string of the molecule is O=C(NN1CC2CCCC2C1)c1nn(-c2ccc(F)cc2F)c2c1CS(=O)(=O)CC2=Cc1ccc(F)cc1. The third-order valence-electron chi connectivity index (χ3n) is 7.58. The molecule has 1 saturated heterocycles. The van der Waals surface area contributed by atoms with E-state index in [1.807, 2.05) is 5.01 Å². The molecule has 0 spiro atoms. The molecule has 38 heavy (non-hydrogen) atoms. The second kappa shape index (κ2) is 9.39. The Labute approximate surface area is 217 Å². The summed E-state index contributed by atoms with van der Waals surface area (Å²) >= 11 is 0. The molecule has 1 amide bonds. The Balaban J connectivity index is 1.47. The van der Waals surface area contributed by atoms with Crippen molar-refractivity contribution in [2.45, 2.75) is 25.0 Å². The first kappa shape index (κ1) is 24.9. The Bertz CT molecular complexity index is 1550. The Kier molecular flexibility index (Phi) is 6.14. The number of rotatable bonds is 4. The van der Waals surface area contributed by atoms with Crippen LogP contribution in [0.15, 0.2) is 42.5 Å². The molecule has 0 bridgehead atoms. The van der Waals surface area contributed by atoms with Crippen LogP contribution >= 0.6 is 0 Å². The molecule has 1 N–H and O–H groups in total. The number of sulfone groups is 1. The van der Waals surface area contributed by atoms with Crippen molar-refractivity contribution in [2.75, 3.05) is 18.8 Å². The molecule has 11 heteroatoms. The Morgan fingerprint density at radius 2 is 1.66 bits per heavy atom. The molecule has 1 saturated carbocycles. The summed E-state index contributed by atoms with van der Waals surface area (Å²) in [7, 11) is -3.70. The highest BCUT2D eigenvalue weighted by molar-refractivity contribution is 7.91. The van der Waals surface area contributed by atoms with Gasteiger partial charge in [0.2, 0.25) is 0 Å². The number of aromatic nitrogens is 2. The van der Waals surface area contributed by atoms with E-state index in [9.17, 15) is 26.4 Å². The number of hydrogen-bond acceptors (Lipinski definition) is 5. The monoisotopic (exact) mass is 542 g/mol. The maximum absolute atomic E-state index is 14.9. The van der Waals surface area contributed by atoms with Crippen LogP contribution in [-0.4, -0.2) is 48.0 Å². The number of amides is 1.